The first-order valence-electron chi connectivity index (χ1n) is 6.82. The Morgan fingerprint density at radius 1 is 0.955 bits per heavy atom. The molecule has 3 aromatic rings. The standard InChI is InChI=1S/C16H14F2N4/c17-14-3-2-12(8-15(14)18)10-19-11-13-4-6-20-16(9-13)22-7-1-5-21-22/h1-9,19H,10-11H2. The molecule has 0 aliphatic rings. The number of hydrogen-bond acceptors (Lipinski definition) is 3. The van der Waals surface area contributed by atoms with Gasteiger partial charge >= 0.3 is 0 Å². The van der Waals surface area contributed by atoms with E-state index in [1.54, 1.807) is 23.1 Å². The molecule has 1 N–H and O–H groups in total. The number of nitrogens with zero attached hydrogens (tertiary/aromatic N) is 3. The molecular formula is C16H14F2N4. The van der Waals surface area contributed by atoms with Crippen molar-refractivity contribution >= 4 is 0 Å². The number of nitrogens with one attached hydrogen (secondary N) is 1. The fraction of sp³-hybridized carbons (Fsp3) is 0.125. The number of pyridine rings is 1. The van der Waals surface area contributed by atoms with Gasteiger partial charge in [-0.1, -0.05) is 6.07 Å². The molecule has 0 fully saturated rings. The Morgan fingerprint density at radius 2 is 1.77 bits per heavy atom. The van der Waals surface area contributed by atoms with Gasteiger partial charge in [-0.3, -0.25) is 0 Å². The number of benzene rings is 1. The number of halogens is 2. The van der Waals surface area contributed by atoms with E-state index < -0.39 is 11.6 Å². The zero-order valence-corrected chi connectivity index (χ0v) is 11.7. The lowest BCUT2D eigenvalue weighted by Gasteiger charge is -2.07. The Bertz CT molecular complexity index is 757. The monoisotopic (exact) mass is 300 g/mol. The molecule has 0 saturated carbocycles. The summed E-state index contributed by atoms with van der Waals surface area (Å²) >= 11 is 0. The van der Waals surface area contributed by atoms with Gasteiger partial charge in [0.05, 0.1) is 0 Å². The maximum atomic E-state index is 13.1. The van der Waals surface area contributed by atoms with E-state index in [1.165, 1.54) is 6.07 Å². The van der Waals surface area contributed by atoms with Gasteiger partial charge in [0, 0.05) is 31.7 Å². The Kier molecular flexibility index (Phi) is 4.20. The summed E-state index contributed by atoms with van der Waals surface area (Å²) in [6, 6.07) is 9.54. The van der Waals surface area contributed by atoms with Crippen LogP contribution in [0, 0.1) is 11.6 Å². The second-order valence-corrected chi connectivity index (χ2v) is 4.82. The van der Waals surface area contributed by atoms with Crippen LogP contribution in [0.3, 0.4) is 0 Å². The molecule has 0 amide bonds. The lowest BCUT2D eigenvalue weighted by molar-refractivity contribution is 0.506. The fourth-order valence-electron chi connectivity index (χ4n) is 2.10. The van der Waals surface area contributed by atoms with Crippen LogP contribution in [-0.2, 0) is 13.1 Å². The molecule has 0 atom stereocenters. The predicted octanol–water partition coefficient (Wildman–Crippen LogP) is 2.84. The van der Waals surface area contributed by atoms with Crippen LogP contribution in [0.1, 0.15) is 11.1 Å². The smallest absolute Gasteiger partial charge is 0.159 e. The van der Waals surface area contributed by atoms with Gasteiger partial charge in [0.1, 0.15) is 0 Å². The van der Waals surface area contributed by atoms with Crippen LogP contribution < -0.4 is 5.32 Å². The van der Waals surface area contributed by atoms with Crippen molar-refractivity contribution in [1.82, 2.24) is 20.1 Å². The van der Waals surface area contributed by atoms with E-state index in [2.05, 4.69) is 15.4 Å². The summed E-state index contributed by atoms with van der Waals surface area (Å²) in [7, 11) is 0. The summed E-state index contributed by atoms with van der Waals surface area (Å²) in [6.45, 7) is 1.05. The lowest BCUT2D eigenvalue weighted by atomic mass is 10.2. The van der Waals surface area contributed by atoms with E-state index in [4.69, 9.17) is 0 Å². The van der Waals surface area contributed by atoms with Crippen molar-refractivity contribution in [2.24, 2.45) is 0 Å². The molecule has 3 rings (SSSR count). The normalized spacial score (nSPS) is 10.8. The quantitative estimate of drug-likeness (QED) is 0.788. The van der Waals surface area contributed by atoms with Crippen molar-refractivity contribution in [2.75, 3.05) is 0 Å². The minimum Gasteiger partial charge on any atom is -0.309 e. The highest BCUT2D eigenvalue weighted by molar-refractivity contribution is 5.27. The van der Waals surface area contributed by atoms with E-state index in [9.17, 15) is 8.78 Å². The third-order valence-corrected chi connectivity index (χ3v) is 3.19. The molecule has 0 aliphatic carbocycles. The summed E-state index contributed by atoms with van der Waals surface area (Å²) in [5, 5.41) is 7.32. The average Bonchev–Trinajstić information content (AvgIpc) is 3.06. The average molecular weight is 300 g/mol. The highest BCUT2D eigenvalue weighted by Crippen LogP contribution is 2.09. The number of rotatable bonds is 5. The first-order valence-corrected chi connectivity index (χ1v) is 6.82. The second-order valence-electron chi connectivity index (χ2n) is 4.82. The van der Waals surface area contributed by atoms with Crippen LogP contribution in [0.15, 0.2) is 55.0 Å². The van der Waals surface area contributed by atoms with Gasteiger partial charge in [-0.15, -0.1) is 0 Å². The van der Waals surface area contributed by atoms with Crippen molar-refractivity contribution in [3.8, 4) is 5.82 Å². The van der Waals surface area contributed by atoms with Crippen molar-refractivity contribution in [3.63, 3.8) is 0 Å². The topological polar surface area (TPSA) is 42.7 Å². The van der Waals surface area contributed by atoms with Crippen LogP contribution in [0.4, 0.5) is 8.78 Å². The molecule has 0 aliphatic heterocycles. The molecule has 1 aromatic carbocycles. The van der Waals surface area contributed by atoms with E-state index in [-0.39, 0.29) is 0 Å². The maximum absolute atomic E-state index is 13.1. The molecule has 0 unspecified atom stereocenters. The van der Waals surface area contributed by atoms with Gasteiger partial charge in [0.15, 0.2) is 17.5 Å². The molecule has 4 nitrogen and oxygen atoms in total. The molecule has 0 spiro atoms. The lowest BCUT2D eigenvalue weighted by Crippen LogP contribution is -2.13. The van der Waals surface area contributed by atoms with Crippen LogP contribution >= 0.6 is 0 Å². The van der Waals surface area contributed by atoms with Crippen LogP contribution in [-0.4, -0.2) is 14.8 Å². The molecule has 112 valence electrons. The Hall–Kier alpha value is -2.60. The zero-order chi connectivity index (χ0) is 15.4. The molecule has 6 heteroatoms. The molecule has 0 radical (unpaired) electrons. The Labute approximate surface area is 126 Å². The molecule has 0 bridgehead atoms. The summed E-state index contributed by atoms with van der Waals surface area (Å²) in [6.07, 6.45) is 5.22. The van der Waals surface area contributed by atoms with Crippen LogP contribution in [0.5, 0.6) is 0 Å². The van der Waals surface area contributed by atoms with Crippen molar-refractivity contribution in [3.05, 3.63) is 77.8 Å². The second kappa shape index (κ2) is 6.44. The Balaban J connectivity index is 1.62. The van der Waals surface area contributed by atoms with Gasteiger partial charge < -0.3 is 5.32 Å². The van der Waals surface area contributed by atoms with E-state index in [1.807, 2.05) is 24.4 Å². The highest BCUT2D eigenvalue weighted by atomic mass is 19.2. The minimum atomic E-state index is -0.832. The van der Waals surface area contributed by atoms with Gasteiger partial charge in [0.2, 0.25) is 0 Å². The maximum Gasteiger partial charge on any atom is 0.159 e. The van der Waals surface area contributed by atoms with Gasteiger partial charge in [-0.05, 0) is 41.5 Å². The van der Waals surface area contributed by atoms with Gasteiger partial charge in [0.25, 0.3) is 0 Å². The van der Waals surface area contributed by atoms with Gasteiger partial charge in [-0.25, -0.2) is 18.4 Å². The SMILES string of the molecule is Fc1ccc(CNCc2ccnc(-n3cccn3)c2)cc1F. The predicted molar refractivity (Wildman–Crippen MR) is 78.3 cm³/mol. The summed E-state index contributed by atoms with van der Waals surface area (Å²) in [5.41, 5.74) is 1.73. The number of hydrogen-bond donors (Lipinski definition) is 1. The van der Waals surface area contributed by atoms with E-state index >= 15 is 0 Å². The minimum absolute atomic E-state index is 0.455. The van der Waals surface area contributed by atoms with Crippen molar-refractivity contribution in [1.29, 1.82) is 0 Å². The molecule has 2 aromatic heterocycles. The van der Waals surface area contributed by atoms with Crippen molar-refractivity contribution in [2.45, 2.75) is 13.1 Å². The fourth-order valence-corrected chi connectivity index (χ4v) is 2.10. The van der Waals surface area contributed by atoms with Gasteiger partial charge in [-0.2, -0.15) is 5.10 Å². The van der Waals surface area contributed by atoms with E-state index in [0.29, 0.717) is 18.7 Å². The van der Waals surface area contributed by atoms with Crippen LogP contribution in [0.25, 0.3) is 5.82 Å². The zero-order valence-electron chi connectivity index (χ0n) is 11.7. The number of aromatic nitrogens is 3. The Morgan fingerprint density at radius 3 is 2.50 bits per heavy atom. The molecule has 0 saturated heterocycles. The summed E-state index contributed by atoms with van der Waals surface area (Å²) in [4.78, 5) is 4.25. The summed E-state index contributed by atoms with van der Waals surface area (Å²) < 4.78 is 27.7. The first kappa shape index (κ1) is 14.3. The molecule has 2 heterocycles. The summed E-state index contributed by atoms with van der Waals surface area (Å²) in [5.74, 6) is -0.928. The largest absolute Gasteiger partial charge is 0.309 e. The van der Waals surface area contributed by atoms with E-state index in [0.717, 1.165) is 17.4 Å². The highest BCUT2D eigenvalue weighted by Gasteiger charge is 2.03. The third kappa shape index (κ3) is 3.35. The molecule has 22 heavy (non-hydrogen) atoms. The third-order valence-electron chi connectivity index (χ3n) is 3.19. The van der Waals surface area contributed by atoms with Crippen molar-refractivity contribution < 1.29 is 8.78 Å². The van der Waals surface area contributed by atoms with Crippen LogP contribution in [0.2, 0.25) is 0 Å². The molecular weight excluding hydrogens is 286 g/mol. The first-order chi connectivity index (χ1) is 10.7.